The second kappa shape index (κ2) is 7.14. The van der Waals surface area contributed by atoms with Gasteiger partial charge in [0, 0.05) is 6.04 Å². The number of rotatable bonds is 7. The Kier molecular flexibility index (Phi) is 5.24. The zero-order valence-electron chi connectivity index (χ0n) is 11.9. The van der Waals surface area contributed by atoms with Gasteiger partial charge in [-0.2, -0.15) is 16.3 Å². The third-order valence-corrected chi connectivity index (χ3v) is 3.58. The lowest BCUT2D eigenvalue weighted by Crippen LogP contribution is -2.18. The smallest absolute Gasteiger partial charge is 0.239 e. The molecule has 20 heavy (non-hydrogen) atoms. The highest BCUT2D eigenvalue weighted by Crippen LogP contribution is 2.22. The van der Waals surface area contributed by atoms with Crippen LogP contribution in [0.5, 0.6) is 5.88 Å². The first-order chi connectivity index (χ1) is 9.69. The fraction of sp³-hybridized carbons (Fsp3) is 0.400. The molecule has 0 aliphatic carbocycles. The SMILES string of the molecule is CCCOc1nc(NC(C)Cc2ccsc2)ccc1N. The van der Waals surface area contributed by atoms with Gasteiger partial charge in [-0.05, 0) is 54.3 Å². The molecule has 0 saturated heterocycles. The summed E-state index contributed by atoms with van der Waals surface area (Å²) in [7, 11) is 0. The van der Waals surface area contributed by atoms with Crippen LogP contribution in [0, 0.1) is 0 Å². The molecule has 2 aromatic heterocycles. The van der Waals surface area contributed by atoms with E-state index >= 15 is 0 Å². The van der Waals surface area contributed by atoms with Gasteiger partial charge in [-0.1, -0.05) is 6.92 Å². The lowest BCUT2D eigenvalue weighted by Gasteiger charge is -2.15. The number of nitrogen functional groups attached to an aromatic ring is 1. The summed E-state index contributed by atoms with van der Waals surface area (Å²) >= 11 is 1.72. The maximum Gasteiger partial charge on any atom is 0.239 e. The molecule has 1 unspecified atom stereocenters. The summed E-state index contributed by atoms with van der Waals surface area (Å²) in [5.74, 6) is 1.31. The Morgan fingerprint density at radius 1 is 1.40 bits per heavy atom. The van der Waals surface area contributed by atoms with Crippen LogP contribution in [0.4, 0.5) is 11.5 Å². The molecule has 2 aromatic rings. The van der Waals surface area contributed by atoms with E-state index in [2.05, 4.69) is 41.0 Å². The average molecular weight is 291 g/mol. The van der Waals surface area contributed by atoms with Crippen molar-refractivity contribution in [1.29, 1.82) is 0 Å². The van der Waals surface area contributed by atoms with Crippen molar-refractivity contribution in [2.24, 2.45) is 0 Å². The summed E-state index contributed by atoms with van der Waals surface area (Å²) in [6.45, 7) is 4.83. The molecule has 2 rings (SSSR count). The summed E-state index contributed by atoms with van der Waals surface area (Å²) in [6.07, 6.45) is 1.91. The van der Waals surface area contributed by atoms with Crippen LogP contribution in [0.1, 0.15) is 25.8 Å². The Hall–Kier alpha value is -1.75. The summed E-state index contributed by atoms with van der Waals surface area (Å²) < 4.78 is 5.54. The number of hydrogen-bond donors (Lipinski definition) is 2. The van der Waals surface area contributed by atoms with Crippen molar-refractivity contribution in [3.05, 3.63) is 34.5 Å². The van der Waals surface area contributed by atoms with E-state index in [1.807, 2.05) is 12.1 Å². The van der Waals surface area contributed by atoms with E-state index in [1.54, 1.807) is 11.3 Å². The number of ether oxygens (including phenoxy) is 1. The highest BCUT2D eigenvalue weighted by molar-refractivity contribution is 7.07. The van der Waals surface area contributed by atoms with Gasteiger partial charge in [-0.15, -0.1) is 0 Å². The Labute approximate surface area is 124 Å². The molecule has 0 aromatic carbocycles. The molecular formula is C15H21N3OS. The van der Waals surface area contributed by atoms with Gasteiger partial charge in [0.15, 0.2) is 0 Å². The van der Waals surface area contributed by atoms with E-state index in [-0.39, 0.29) is 0 Å². The highest BCUT2D eigenvalue weighted by Gasteiger charge is 2.08. The Morgan fingerprint density at radius 3 is 2.95 bits per heavy atom. The first kappa shape index (κ1) is 14.7. The van der Waals surface area contributed by atoms with Crippen LogP contribution in [-0.4, -0.2) is 17.6 Å². The third kappa shape index (κ3) is 4.13. The first-order valence-corrected chi connectivity index (χ1v) is 7.80. The van der Waals surface area contributed by atoms with Crippen molar-refractivity contribution in [2.75, 3.05) is 17.7 Å². The fourth-order valence-corrected chi connectivity index (χ4v) is 2.59. The summed E-state index contributed by atoms with van der Waals surface area (Å²) in [6, 6.07) is 6.17. The highest BCUT2D eigenvalue weighted by atomic mass is 32.1. The van der Waals surface area contributed by atoms with Crippen molar-refractivity contribution >= 4 is 22.8 Å². The summed E-state index contributed by atoms with van der Waals surface area (Å²) in [5.41, 5.74) is 7.78. The number of nitrogens with one attached hydrogen (secondary N) is 1. The van der Waals surface area contributed by atoms with Crippen molar-refractivity contribution in [2.45, 2.75) is 32.7 Å². The first-order valence-electron chi connectivity index (χ1n) is 6.86. The predicted molar refractivity (Wildman–Crippen MR) is 85.5 cm³/mol. The van der Waals surface area contributed by atoms with E-state index in [1.165, 1.54) is 5.56 Å². The molecule has 0 spiro atoms. The van der Waals surface area contributed by atoms with E-state index in [9.17, 15) is 0 Å². The summed E-state index contributed by atoms with van der Waals surface area (Å²) in [5, 5.41) is 7.65. The van der Waals surface area contributed by atoms with Gasteiger partial charge < -0.3 is 15.8 Å². The lowest BCUT2D eigenvalue weighted by atomic mass is 10.1. The minimum absolute atomic E-state index is 0.305. The zero-order valence-corrected chi connectivity index (χ0v) is 12.7. The van der Waals surface area contributed by atoms with E-state index in [0.29, 0.717) is 24.2 Å². The minimum Gasteiger partial charge on any atom is -0.476 e. The van der Waals surface area contributed by atoms with Crippen LogP contribution in [0.3, 0.4) is 0 Å². The lowest BCUT2D eigenvalue weighted by molar-refractivity contribution is 0.307. The minimum atomic E-state index is 0.305. The second-order valence-corrected chi connectivity index (χ2v) is 5.60. The number of anilines is 2. The largest absolute Gasteiger partial charge is 0.476 e. The Morgan fingerprint density at radius 2 is 2.25 bits per heavy atom. The van der Waals surface area contributed by atoms with E-state index < -0.39 is 0 Å². The van der Waals surface area contributed by atoms with Crippen molar-refractivity contribution in [3.63, 3.8) is 0 Å². The maximum atomic E-state index is 5.86. The van der Waals surface area contributed by atoms with Gasteiger partial charge >= 0.3 is 0 Å². The molecule has 0 bridgehead atoms. The van der Waals surface area contributed by atoms with Gasteiger partial charge in [-0.25, -0.2) is 0 Å². The van der Waals surface area contributed by atoms with Crippen LogP contribution >= 0.6 is 11.3 Å². The maximum absolute atomic E-state index is 5.86. The molecule has 108 valence electrons. The molecule has 0 aliphatic heterocycles. The molecule has 0 aliphatic rings. The second-order valence-electron chi connectivity index (χ2n) is 4.82. The van der Waals surface area contributed by atoms with Gasteiger partial charge in [0.05, 0.1) is 12.3 Å². The number of thiophene rings is 1. The molecule has 0 amide bonds. The molecule has 1 atom stereocenters. The van der Waals surface area contributed by atoms with E-state index in [4.69, 9.17) is 10.5 Å². The Balaban J connectivity index is 1.98. The quantitative estimate of drug-likeness (QED) is 0.819. The number of pyridine rings is 1. The number of nitrogens with zero attached hydrogens (tertiary/aromatic N) is 1. The molecule has 5 heteroatoms. The van der Waals surface area contributed by atoms with Crippen LogP contribution < -0.4 is 15.8 Å². The van der Waals surface area contributed by atoms with Crippen LogP contribution in [0.2, 0.25) is 0 Å². The van der Waals surface area contributed by atoms with Crippen molar-refractivity contribution < 1.29 is 4.74 Å². The van der Waals surface area contributed by atoms with Crippen LogP contribution in [0.15, 0.2) is 29.0 Å². The topological polar surface area (TPSA) is 60.2 Å². The average Bonchev–Trinajstić information content (AvgIpc) is 2.92. The molecule has 0 fully saturated rings. The van der Waals surface area contributed by atoms with Crippen molar-refractivity contribution in [3.8, 4) is 5.88 Å². The van der Waals surface area contributed by atoms with E-state index in [0.717, 1.165) is 18.7 Å². The standard InChI is InChI=1S/C15H21N3OS/c1-3-7-19-15-13(16)4-5-14(18-15)17-11(2)9-12-6-8-20-10-12/h4-6,8,10-11H,3,7,9,16H2,1-2H3,(H,17,18). The monoisotopic (exact) mass is 291 g/mol. The van der Waals surface area contributed by atoms with Crippen LogP contribution in [0.25, 0.3) is 0 Å². The molecular weight excluding hydrogens is 270 g/mol. The number of hydrogen-bond acceptors (Lipinski definition) is 5. The summed E-state index contributed by atoms with van der Waals surface area (Å²) in [4.78, 5) is 4.42. The molecule has 3 N–H and O–H groups in total. The molecule has 0 radical (unpaired) electrons. The molecule has 4 nitrogen and oxygen atoms in total. The third-order valence-electron chi connectivity index (χ3n) is 2.85. The zero-order chi connectivity index (χ0) is 14.4. The predicted octanol–water partition coefficient (Wildman–Crippen LogP) is 3.56. The van der Waals surface area contributed by atoms with Gasteiger partial charge in [-0.3, -0.25) is 0 Å². The van der Waals surface area contributed by atoms with Gasteiger partial charge in [0.25, 0.3) is 0 Å². The van der Waals surface area contributed by atoms with Gasteiger partial charge in [0.1, 0.15) is 5.82 Å². The molecule has 0 saturated carbocycles. The Bertz CT molecular complexity index is 528. The molecule has 2 heterocycles. The van der Waals surface area contributed by atoms with Crippen molar-refractivity contribution in [1.82, 2.24) is 4.98 Å². The number of aromatic nitrogens is 1. The normalized spacial score (nSPS) is 12.1. The van der Waals surface area contributed by atoms with Gasteiger partial charge in [0.2, 0.25) is 5.88 Å². The number of nitrogens with two attached hydrogens (primary N) is 1. The van der Waals surface area contributed by atoms with Crippen LogP contribution in [-0.2, 0) is 6.42 Å². The fourth-order valence-electron chi connectivity index (χ4n) is 1.91.